The molecule has 0 aliphatic rings. The molecule has 0 aliphatic heterocycles. The van der Waals surface area contributed by atoms with Gasteiger partial charge in [-0.1, -0.05) is 12.1 Å². The first kappa shape index (κ1) is 9.12. The second-order valence-corrected chi connectivity index (χ2v) is 2.31. The van der Waals surface area contributed by atoms with Crippen LogP contribution in [-0.2, 0) is 19.5 Å². The molecule has 0 saturated heterocycles. The quantitative estimate of drug-likeness (QED) is 0.687. The average molecular weight is 238 g/mol. The van der Waals surface area contributed by atoms with Crippen LogP contribution >= 0.6 is 15.9 Å². The summed E-state index contributed by atoms with van der Waals surface area (Å²) < 4.78 is 0.736. The molecule has 0 fully saturated rings. The Bertz CT molecular complexity index is 169. The number of phenols is 1. The molecule has 1 aromatic carbocycles. The number of halogens is 1. The van der Waals surface area contributed by atoms with Crippen LogP contribution in [0.1, 0.15) is 0 Å². The van der Waals surface area contributed by atoms with Crippen LogP contribution in [0.15, 0.2) is 28.7 Å². The fraction of sp³-hybridized carbons (Fsp3) is 0. The summed E-state index contributed by atoms with van der Waals surface area (Å²) in [6, 6.07) is 7.04. The molecule has 0 heterocycles. The predicted molar refractivity (Wildman–Crippen MR) is 35.8 cm³/mol. The minimum absolute atomic E-state index is 0. The zero-order chi connectivity index (χ0) is 5.98. The van der Waals surface area contributed by atoms with Crippen molar-refractivity contribution in [3.63, 3.8) is 0 Å². The Morgan fingerprint density at radius 1 is 1.22 bits per heavy atom. The molecular formula is C6H5BrOZn. The van der Waals surface area contributed by atoms with Gasteiger partial charge in [-0.25, -0.2) is 0 Å². The number of hydrogen-bond donors (Lipinski definition) is 1. The third kappa shape index (κ3) is 2.46. The number of para-hydroxylation sites is 1. The van der Waals surface area contributed by atoms with Crippen LogP contribution in [0.3, 0.4) is 0 Å². The molecule has 0 saturated carbocycles. The molecule has 3 heteroatoms. The van der Waals surface area contributed by atoms with E-state index in [0.29, 0.717) is 0 Å². The summed E-state index contributed by atoms with van der Waals surface area (Å²) in [5.41, 5.74) is 0. The van der Waals surface area contributed by atoms with Crippen LogP contribution in [0.4, 0.5) is 0 Å². The summed E-state index contributed by atoms with van der Waals surface area (Å²) in [5, 5.41) is 8.87. The van der Waals surface area contributed by atoms with Gasteiger partial charge in [-0.2, -0.15) is 0 Å². The van der Waals surface area contributed by atoms with Crippen LogP contribution in [-0.4, -0.2) is 5.11 Å². The van der Waals surface area contributed by atoms with Gasteiger partial charge in [-0.3, -0.25) is 0 Å². The van der Waals surface area contributed by atoms with E-state index >= 15 is 0 Å². The van der Waals surface area contributed by atoms with E-state index in [-0.39, 0.29) is 25.2 Å². The van der Waals surface area contributed by atoms with Gasteiger partial charge in [0.15, 0.2) is 0 Å². The average Bonchev–Trinajstić information content (AvgIpc) is 1.77. The van der Waals surface area contributed by atoms with Crippen LogP contribution in [0, 0.1) is 0 Å². The van der Waals surface area contributed by atoms with E-state index in [2.05, 4.69) is 15.9 Å². The fourth-order valence-electron chi connectivity index (χ4n) is 0.452. The van der Waals surface area contributed by atoms with E-state index < -0.39 is 0 Å². The molecule has 0 amide bonds. The van der Waals surface area contributed by atoms with Crippen LogP contribution in [0.5, 0.6) is 5.75 Å². The maximum Gasteiger partial charge on any atom is 0.129 e. The maximum atomic E-state index is 8.87. The van der Waals surface area contributed by atoms with E-state index in [9.17, 15) is 0 Å². The van der Waals surface area contributed by atoms with Crippen molar-refractivity contribution in [1.29, 1.82) is 0 Å². The first-order valence-corrected chi connectivity index (χ1v) is 3.03. The Morgan fingerprint density at radius 2 is 1.78 bits per heavy atom. The second kappa shape index (κ2) is 4.02. The zero-order valence-corrected chi connectivity index (χ0v) is 9.39. The molecule has 1 nitrogen and oxygen atoms in total. The Hall–Kier alpha value is 0.123. The van der Waals surface area contributed by atoms with Crippen molar-refractivity contribution in [1.82, 2.24) is 0 Å². The molecule has 0 bridgehead atoms. The van der Waals surface area contributed by atoms with E-state index in [4.69, 9.17) is 5.11 Å². The van der Waals surface area contributed by atoms with Crippen LogP contribution in [0.2, 0.25) is 0 Å². The summed E-state index contributed by atoms with van der Waals surface area (Å²) in [5.74, 6) is 0.285. The molecule has 0 radical (unpaired) electrons. The largest absolute Gasteiger partial charge is 0.507 e. The Balaban J connectivity index is 0.000000640. The topological polar surface area (TPSA) is 20.2 Å². The number of aromatic hydroxyl groups is 1. The van der Waals surface area contributed by atoms with Crippen LogP contribution in [0.25, 0.3) is 0 Å². The van der Waals surface area contributed by atoms with Crippen molar-refractivity contribution in [2.24, 2.45) is 0 Å². The molecule has 1 N–H and O–H groups in total. The van der Waals surface area contributed by atoms with Crippen molar-refractivity contribution >= 4 is 15.9 Å². The Morgan fingerprint density at radius 3 is 2.11 bits per heavy atom. The molecule has 1 rings (SSSR count). The van der Waals surface area contributed by atoms with Gasteiger partial charge < -0.3 is 5.11 Å². The molecule has 0 atom stereocenters. The third-order valence-corrected chi connectivity index (χ3v) is 1.52. The molecule has 1 aromatic rings. The summed E-state index contributed by atoms with van der Waals surface area (Å²) >= 11 is 3.15. The van der Waals surface area contributed by atoms with E-state index in [1.165, 1.54) is 0 Å². The van der Waals surface area contributed by atoms with Gasteiger partial charge in [0.25, 0.3) is 0 Å². The number of benzene rings is 1. The Labute approximate surface area is 75.0 Å². The Kier molecular flexibility index (Phi) is 4.08. The summed E-state index contributed by atoms with van der Waals surface area (Å²) in [6.07, 6.45) is 0. The number of rotatable bonds is 0. The van der Waals surface area contributed by atoms with Gasteiger partial charge in [0, 0.05) is 19.5 Å². The minimum atomic E-state index is 0. The van der Waals surface area contributed by atoms with Crippen molar-refractivity contribution in [2.45, 2.75) is 0 Å². The molecule has 44 valence electrons. The van der Waals surface area contributed by atoms with E-state index in [0.717, 1.165) is 4.47 Å². The van der Waals surface area contributed by atoms with Crippen molar-refractivity contribution < 1.29 is 24.6 Å². The van der Waals surface area contributed by atoms with Crippen molar-refractivity contribution in [3.8, 4) is 5.75 Å². The summed E-state index contributed by atoms with van der Waals surface area (Å²) in [7, 11) is 0. The molecule has 0 aromatic heterocycles. The van der Waals surface area contributed by atoms with Gasteiger partial charge in [0.1, 0.15) is 5.75 Å². The van der Waals surface area contributed by atoms with Gasteiger partial charge in [-0.15, -0.1) is 0 Å². The molecule has 0 unspecified atom stereocenters. The normalized spacial score (nSPS) is 8.11. The first-order chi connectivity index (χ1) is 3.80. The van der Waals surface area contributed by atoms with Crippen LogP contribution < -0.4 is 0 Å². The summed E-state index contributed by atoms with van der Waals surface area (Å²) in [6.45, 7) is 0. The van der Waals surface area contributed by atoms with Crippen molar-refractivity contribution in [2.75, 3.05) is 0 Å². The standard InChI is InChI=1S/C6H5BrO.Zn/c7-5-3-1-2-4-6(5)8;/h1-4,8H;. The third-order valence-electron chi connectivity index (χ3n) is 0.852. The smallest absolute Gasteiger partial charge is 0.129 e. The second-order valence-electron chi connectivity index (χ2n) is 1.45. The zero-order valence-electron chi connectivity index (χ0n) is 4.84. The monoisotopic (exact) mass is 236 g/mol. The molecular weight excluding hydrogens is 233 g/mol. The maximum absolute atomic E-state index is 8.87. The fourth-order valence-corrected chi connectivity index (χ4v) is 0.737. The van der Waals surface area contributed by atoms with Gasteiger partial charge in [0.2, 0.25) is 0 Å². The van der Waals surface area contributed by atoms with Gasteiger partial charge in [-0.05, 0) is 28.1 Å². The molecule has 0 spiro atoms. The molecule has 0 aliphatic carbocycles. The van der Waals surface area contributed by atoms with Gasteiger partial charge in [0.05, 0.1) is 4.47 Å². The van der Waals surface area contributed by atoms with E-state index in [1.807, 2.05) is 6.07 Å². The first-order valence-electron chi connectivity index (χ1n) is 2.24. The van der Waals surface area contributed by atoms with E-state index in [1.54, 1.807) is 18.2 Å². The molecule has 9 heavy (non-hydrogen) atoms. The number of hydrogen-bond acceptors (Lipinski definition) is 1. The predicted octanol–water partition coefficient (Wildman–Crippen LogP) is 2.15. The van der Waals surface area contributed by atoms with Crippen molar-refractivity contribution in [3.05, 3.63) is 28.7 Å². The summed E-state index contributed by atoms with van der Waals surface area (Å²) in [4.78, 5) is 0. The number of phenolic OH excluding ortho intramolecular Hbond substituents is 1. The SMILES string of the molecule is Oc1ccccc1Br.[Zn]. The van der Waals surface area contributed by atoms with Gasteiger partial charge >= 0.3 is 0 Å². The minimum Gasteiger partial charge on any atom is -0.507 e.